The lowest BCUT2D eigenvalue weighted by Gasteiger charge is -2.04. The van der Waals surface area contributed by atoms with Gasteiger partial charge in [0.2, 0.25) is 0 Å². The number of aryl methyl sites for hydroxylation is 1. The predicted molar refractivity (Wildman–Crippen MR) is 81.7 cm³/mol. The normalized spacial score (nSPS) is 10.6. The van der Waals surface area contributed by atoms with Crippen molar-refractivity contribution in [2.75, 3.05) is 13.1 Å². The lowest BCUT2D eigenvalue weighted by atomic mass is 10.1. The maximum Gasteiger partial charge on any atom is 0.322 e. The van der Waals surface area contributed by atoms with Crippen molar-refractivity contribution in [2.24, 2.45) is 0 Å². The van der Waals surface area contributed by atoms with Crippen molar-refractivity contribution in [1.29, 1.82) is 5.26 Å². The van der Waals surface area contributed by atoms with Gasteiger partial charge in [-0.2, -0.15) is 5.26 Å². The zero-order chi connectivity index (χ0) is 16.2. The molecule has 1 aromatic rings. The second-order valence-corrected chi connectivity index (χ2v) is 4.64. The molecule has 0 heterocycles. The second-order valence-electron chi connectivity index (χ2n) is 4.64. The molecule has 0 aliphatic heterocycles. The Labute approximate surface area is 129 Å². The molecule has 6 heteroatoms. The first-order valence-electron chi connectivity index (χ1n) is 7.01. The van der Waals surface area contributed by atoms with Gasteiger partial charge in [0.15, 0.2) is 0 Å². The van der Waals surface area contributed by atoms with E-state index in [1.807, 2.05) is 18.2 Å². The number of nitriles is 1. The van der Waals surface area contributed by atoms with E-state index in [1.54, 1.807) is 6.07 Å². The molecule has 0 spiro atoms. The van der Waals surface area contributed by atoms with Gasteiger partial charge in [-0.25, -0.2) is 0 Å². The van der Waals surface area contributed by atoms with E-state index in [-0.39, 0.29) is 5.57 Å². The summed E-state index contributed by atoms with van der Waals surface area (Å²) in [5.41, 5.74) is 1.15. The standard InChI is InChI=1S/C16H19N3O3/c17-10-14(16(22)19-12-15(20)21)11-18-9-5-4-8-13-6-2-1-3-7-13/h1-3,6-7,11,18H,4-5,8-9,12H2,(H,19,22)(H,20,21)/b14-11-. The Morgan fingerprint density at radius 2 is 1.95 bits per heavy atom. The molecule has 1 rings (SSSR count). The van der Waals surface area contributed by atoms with E-state index in [0.29, 0.717) is 6.54 Å². The molecule has 0 saturated carbocycles. The average Bonchev–Trinajstić information content (AvgIpc) is 2.53. The quantitative estimate of drug-likeness (QED) is 0.361. The average molecular weight is 301 g/mol. The highest BCUT2D eigenvalue weighted by Crippen LogP contribution is 2.03. The summed E-state index contributed by atoms with van der Waals surface area (Å²) in [4.78, 5) is 21.8. The molecule has 1 aromatic carbocycles. The number of carboxylic acids is 1. The summed E-state index contributed by atoms with van der Waals surface area (Å²) in [6.45, 7) is 0.138. The molecule has 0 saturated heterocycles. The number of rotatable bonds is 9. The zero-order valence-corrected chi connectivity index (χ0v) is 12.2. The molecule has 0 fully saturated rings. The zero-order valence-electron chi connectivity index (χ0n) is 12.2. The van der Waals surface area contributed by atoms with Crippen molar-refractivity contribution in [2.45, 2.75) is 19.3 Å². The molecule has 0 aliphatic rings. The van der Waals surface area contributed by atoms with Crippen molar-refractivity contribution in [1.82, 2.24) is 10.6 Å². The minimum Gasteiger partial charge on any atom is -0.480 e. The van der Waals surface area contributed by atoms with Crippen LogP contribution in [-0.2, 0) is 16.0 Å². The first-order valence-corrected chi connectivity index (χ1v) is 7.01. The van der Waals surface area contributed by atoms with Crippen LogP contribution in [0.3, 0.4) is 0 Å². The van der Waals surface area contributed by atoms with Gasteiger partial charge in [0.25, 0.3) is 5.91 Å². The summed E-state index contributed by atoms with van der Waals surface area (Å²) in [6, 6.07) is 11.9. The summed E-state index contributed by atoms with van der Waals surface area (Å²) in [5, 5.41) is 22.3. The lowest BCUT2D eigenvalue weighted by molar-refractivity contribution is -0.137. The van der Waals surface area contributed by atoms with Gasteiger partial charge in [0, 0.05) is 12.7 Å². The summed E-state index contributed by atoms with van der Waals surface area (Å²) >= 11 is 0. The van der Waals surface area contributed by atoms with Crippen LogP contribution in [0.15, 0.2) is 42.1 Å². The van der Waals surface area contributed by atoms with E-state index in [2.05, 4.69) is 22.8 Å². The smallest absolute Gasteiger partial charge is 0.322 e. The van der Waals surface area contributed by atoms with Gasteiger partial charge in [-0.3, -0.25) is 9.59 Å². The van der Waals surface area contributed by atoms with Crippen LogP contribution in [0.2, 0.25) is 0 Å². The van der Waals surface area contributed by atoms with Crippen LogP contribution < -0.4 is 10.6 Å². The highest BCUT2D eigenvalue weighted by Gasteiger charge is 2.09. The Hall–Kier alpha value is -2.81. The van der Waals surface area contributed by atoms with Crippen molar-refractivity contribution >= 4 is 11.9 Å². The molecule has 0 unspecified atom stereocenters. The molecule has 22 heavy (non-hydrogen) atoms. The summed E-state index contributed by atoms with van der Waals surface area (Å²) in [7, 11) is 0. The van der Waals surface area contributed by atoms with Gasteiger partial charge in [-0.15, -0.1) is 0 Å². The molecular formula is C16H19N3O3. The van der Waals surface area contributed by atoms with Crippen LogP contribution in [0, 0.1) is 11.3 Å². The van der Waals surface area contributed by atoms with E-state index in [9.17, 15) is 9.59 Å². The number of aliphatic carboxylic acids is 1. The van der Waals surface area contributed by atoms with Gasteiger partial charge in [0.1, 0.15) is 18.2 Å². The molecule has 0 atom stereocenters. The molecular weight excluding hydrogens is 282 g/mol. The summed E-state index contributed by atoms with van der Waals surface area (Å²) in [6.07, 6.45) is 4.20. The van der Waals surface area contributed by atoms with Crippen LogP contribution in [0.4, 0.5) is 0 Å². The van der Waals surface area contributed by atoms with Gasteiger partial charge in [-0.05, 0) is 24.8 Å². The molecule has 0 bridgehead atoms. The number of nitrogens with one attached hydrogen (secondary N) is 2. The van der Waals surface area contributed by atoms with E-state index < -0.39 is 18.4 Å². The number of hydrogen-bond acceptors (Lipinski definition) is 4. The van der Waals surface area contributed by atoms with Gasteiger partial charge < -0.3 is 15.7 Å². The summed E-state index contributed by atoms with van der Waals surface area (Å²) in [5.74, 6) is -1.85. The van der Waals surface area contributed by atoms with Crippen molar-refractivity contribution < 1.29 is 14.7 Å². The number of unbranched alkanes of at least 4 members (excludes halogenated alkanes) is 1. The Morgan fingerprint density at radius 3 is 2.59 bits per heavy atom. The van der Waals surface area contributed by atoms with E-state index in [4.69, 9.17) is 10.4 Å². The van der Waals surface area contributed by atoms with Crippen molar-refractivity contribution in [3.63, 3.8) is 0 Å². The van der Waals surface area contributed by atoms with Gasteiger partial charge >= 0.3 is 5.97 Å². The molecule has 6 nitrogen and oxygen atoms in total. The first kappa shape index (κ1) is 17.2. The minimum atomic E-state index is -1.15. The minimum absolute atomic E-state index is 0.135. The van der Waals surface area contributed by atoms with Crippen molar-refractivity contribution in [3.05, 3.63) is 47.7 Å². The Kier molecular flexibility index (Phi) is 7.83. The number of nitrogens with zero attached hydrogens (tertiary/aromatic N) is 1. The topological polar surface area (TPSA) is 102 Å². The molecule has 116 valence electrons. The fraction of sp³-hybridized carbons (Fsp3) is 0.312. The number of carbonyl (C=O) groups is 2. The Bertz CT molecular complexity index is 562. The van der Waals surface area contributed by atoms with Crippen LogP contribution in [0.25, 0.3) is 0 Å². The lowest BCUT2D eigenvalue weighted by Crippen LogP contribution is -2.30. The largest absolute Gasteiger partial charge is 0.480 e. The van der Waals surface area contributed by atoms with Gasteiger partial charge in [0.05, 0.1) is 0 Å². The molecule has 1 amide bonds. The molecule has 0 aliphatic carbocycles. The maximum absolute atomic E-state index is 11.5. The predicted octanol–water partition coefficient (Wildman–Crippen LogP) is 1.21. The van der Waals surface area contributed by atoms with Crippen LogP contribution in [0.5, 0.6) is 0 Å². The van der Waals surface area contributed by atoms with Crippen LogP contribution in [-0.4, -0.2) is 30.1 Å². The molecule has 0 aromatic heterocycles. The van der Waals surface area contributed by atoms with Crippen LogP contribution >= 0.6 is 0 Å². The maximum atomic E-state index is 11.5. The van der Waals surface area contributed by atoms with Crippen molar-refractivity contribution in [3.8, 4) is 6.07 Å². The van der Waals surface area contributed by atoms with E-state index >= 15 is 0 Å². The number of hydrogen-bond donors (Lipinski definition) is 3. The summed E-state index contributed by atoms with van der Waals surface area (Å²) < 4.78 is 0. The SMILES string of the molecule is N#C/C(=C/NCCCCc1ccccc1)C(=O)NCC(=O)O. The molecule has 3 N–H and O–H groups in total. The van der Waals surface area contributed by atoms with Gasteiger partial charge in [-0.1, -0.05) is 30.3 Å². The Balaban J connectivity index is 2.24. The third kappa shape index (κ3) is 7.10. The monoisotopic (exact) mass is 301 g/mol. The molecule has 0 radical (unpaired) electrons. The fourth-order valence-electron chi connectivity index (χ4n) is 1.77. The first-order chi connectivity index (χ1) is 10.6. The number of amides is 1. The fourth-order valence-corrected chi connectivity index (χ4v) is 1.77. The number of carbonyl (C=O) groups excluding carboxylic acids is 1. The highest BCUT2D eigenvalue weighted by molar-refractivity contribution is 5.98. The van der Waals surface area contributed by atoms with E-state index in [0.717, 1.165) is 19.3 Å². The third-order valence-electron chi connectivity index (χ3n) is 2.89. The highest BCUT2D eigenvalue weighted by atomic mass is 16.4. The van der Waals surface area contributed by atoms with Crippen LogP contribution in [0.1, 0.15) is 18.4 Å². The van der Waals surface area contributed by atoms with E-state index in [1.165, 1.54) is 11.8 Å². The Morgan fingerprint density at radius 1 is 1.23 bits per heavy atom. The number of benzene rings is 1. The second kappa shape index (κ2) is 10.00. The third-order valence-corrected chi connectivity index (χ3v) is 2.89. The number of carboxylic acid groups (broad SMARTS) is 1.